The number of nitrogens with zero attached hydrogens (tertiary/aromatic N) is 6. The summed E-state index contributed by atoms with van der Waals surface area (Å²) >= 11 is 0. The monoisotopic (exact) mass is 378 g/mol. The maximum atomic E-state index is 13.2. The number of amides is 1. The summed E-state index contributed by atoms with van der Waals surface area (Å²) in [6.07, 6.45) is 3.73. The van der Waals surface area contributed by atoms with Crippen molar-refractivity contribution in [2.45, 2.75) is 12.8 Å². The first-order chi connectivity index (χ1) is 13.8. The Balaban J connectivity index is 1.38. The highest BCUT2D eigenvalue weighted by molar-refractivity contribution is 6.07. The molecule has 0 spiro atoms. The quantitative estimate of drug-likeness (QED) is 0.691. The summed E-state index contributed by atoms with van der Waals surface area (Å²) in [5.74, 6) is 0.650. The highest BCUT2D eigenvalue weighted by Gasteiger charge is 2.30. The van der Waals surface area contributed by atoms with Crippen LogP contribution in [-0.4, -0.2) is 65.2 Å². The lowest BCUT2D eigenvalue weighted by Crippen LogP contribution is -2.49. The fourth-order valence-electron chi connectivity index (χ4n) is 4.04. The minimum atomic E-state index is -0.110. The minimum Gasteiger partial charge on any atom is -0.368 e. The zero-order chi connectivity index (χ0) is 18.9. The molecule has 8 nitrogen and oxygen atoms in total. The van der Waals surface area contributed by atoms with Crippen LogP contribution < -0.4 is 9.80 Å². The van der Waals surface area contributed by atoms with Gasteiger partial charge in [-0.15, -0.1) is 0 Å². The number of carbonyl (C=O) groups is 1. The molecule has 2 aromatic heterocycles. The number of piperazine rings is 1. The Morgan fingerprint density at radius 2 is 1.64 bits per heavy atom. The van der Waals surface area contributed by atoms with Gasteiger partial charge in [-0.1, -0.05) is 23.4 Å². The summed E-state index contributed by atoms with van der Waals surface area (Å²) in [5.41, 5.74) is 1.89. The van der Waals surface area contributed by atoms with Gasteiger partial charge in [0.05, 0.1) is 0 Å². The molecular weight excluding hydrogens is 356 g/mol. The van der Waals surface area contributed by atoms with E-state index in [9.17, 15) is 4.79 Å². The summed E-state index contributed by atoms with van der Waals surface area (Å²) in [6.45, 7) is 4.74. The normalized spacial score (nSPS) is 17.5. The number of hydrogen-bond acceptors (Lipinski definition) is 7. The van der Waals surface area contributed by atoms with E-state index in [0.717, 1.165) is 44.8 Å². The number of fused-ring (bicyclic) bond motifs is 1. The summed E-state index contributed by atoms with van der Waals surface area (Å²) in [6, 6.07) is 10.3. The van der Waals surface area contributed by atoms with Crippen LogP contribution in [0, 0.1) is 0 Å². The van der Waals surface area contributed by atoms with Crippen LogP contribution in [0.1, 0.15) is 23.3 Å². The molecule has 2 fully saturated rings. The van der Waals surface area contributed by atoms with Crippen LogP contribution >= 0.6 is 0 Å². The van der Waals surface area contributed by atoms with Crippen molar-refractivity contribution < 1.29 is 9.32 Å². The van der Waals surface area contributed by atoms with Gasteiger partial charge in [0.1, 0.15) is 17.5 Å². The van der Waals surface area contributed by atoms with E-state index in [2.05, 4.69) is 37.1 Å². The van der Waals surface area contributed by atoms with Gasteiger partial charge in [0, 0.05) is 45.0 Å². The molecule has 2 saturated heterocycles. The topological polar surface area (TPSA) is 78.6 Å². The van der Waals surface area contributed by atoms with Crippen LogP contribution in [0.4, 0.5) is 11.5 Å². The van der Waals surface area contributed by atoms with Crippen molar-refractivity contribution in [1.82, 2.24) is 20.0 Å². The predicted octanol–water partition coefficient (Wildman–Crippen LogP) is 2.18. The molecule has 4 heterocycles. The Morgan fingerprint density at radius 1 is 0.893 bits per heavy atom. The number of para-hydroxylation sites is 1. The third kappa shape index (κ3) is 2.94. The van der Waals surface area contributed by atoms with Gasteiger partial charge in [0.2, 0.25) is 0 Å². The van der Waals surface area contributed by atoms with E-state index in [1.165, 1.54) is 12.0 Å². The zero-order valence-corrected chi connectivity index (χ0v) is 15.6. The Bertz CT molecular complexity index is 975. The van der Waals surface area contributed by atoms with Gasteiger partial charge in [-0.05, 0) is 25.0 Å². The number of aromatic nitrogens is 3. The molecule has 144 valence electrons. The minimum absolute atomic E-state index is 0.110. The van der Waals surface area contributed by atoms with E-state index < -0.39 is 0 Å². The van der Waals surface area contributed by atoms with Crippen molar-refractivity contribution in [2.24, 2.45) is 0 Å². The number of hydrogen-bond donors (Lipinski definition) is 0. The first kappa shape index (κ1) is 17.0. The van der Waals surface area contributed by atoms with Gasteiger partial charge in [-0.3, -0.25) is 4.79 Å². The molecule has 28 heavy (non-hydrogen) atoms. The molecular formula is C20H22N6O2. The van der Waals surface area contributed by atoms with Crippen LogP contribution in [0.25, 0.3) is 11.1 Å². The van der Waals surface area contributed by atoms with Crippen molar-refractivity contribution in [3.8, 4) is 0 Å². The lowest BCUT2D eigenvalue weighted by Gasteiger charge is -2.35. The molecule has 3 aromatic rings. The largest absolute Gasteiger partial charge is 0.368 e. The van der Waals surface area contributed by atoms with Crippen molar-refractivity contribution in [3.05, 3.63) is 42.4 Å². The van der Waals surface area contributed by atoms with Gasteiger partial charge in [-0.25, -0.2) is 4.98 Å². The number of carbonyl (C=O) groups excluding carboxylic acids is 1. The second kappa shape index (κ2) is 7.10. The van der Waals surface area contributed by atoms with Gasteiger partial charge < -0.3 is 19.2 Å². The van der Waals surface area contributed by atoms with Crippen LogP contribution in [0.2, 0.25) is 0 Å². The Hall–Kier alpha value is -3.16. The van der Waals surface area contributed by atoms with Crippen molar-refractivity contribution in [1.29, 1.82) is 0 Å². The molecule has 0 radical (unpaired) electrons. The molecule has 0 saturated carbocycles. The van der Waals surface area contributed by atoms with Crippen LogP contribution in [0.15, 0.2) is 41.2 Å². The van der Waals surface area contributed by atoms with Gasteiger partial charge in [0.25, 0.3) is 11.6 Å². The standard InChI is InChI=1S/C20H22N6O2/c27-20(26-12-10-24(11-13-26)15-6-2-1-3-7-15)17-16-18(25-8-4-5-9-25)21-14-22-19(16)28-23-17/h1-3,6-7,14H,4-5,8-13H2. The number of benzene rings is 1. The van der Waals surface area contributed by atoms with E-state index in [1.807, 2.05) is 23.1 Å². The average molecular weight is 378 g/mol. The lowest BCUT2D eigenvalue weighted by atomic mass is 10.2. The third-order valence-corrected chi connectivity index (χ3v) is 5.55. The molecule has 8 heteroatoms. The van der Waals surface area contributed by atoms with Crippen molar-refractivity contribution >= 4 is 28.5 Å². The van der Waals surface area contributed by atoms with Crippen LogP contribution in [0.3, 0.4) is 0 Å². The second-order valence-electron chi connectivity index (χ2n) is 7.22. The molecule has 2 aliphatic heterocycles. The molecule has 2 aliphatic rings. The first-order valence-electron chi connectivity index (χ1n) is 9.76. The highest BCUT2D eigenvalue weighted by atomic mass is 16.5. The molecule has 0 atom stereocenters. The molecule has 5 rings (SSSR count). The van der Waals surface area contributed by atoms with Gasteiger partial charge >= 0.3 is 0 Å². The molecule has 0 unspecified atom stereocenters. The van der Waals surface area contributed by atoms with E-state index in [-0.39, 0.29) is 5.91 Å². The van der Waals surface area contributed by atoms with E-state index in [1.54, 1.807) is 0 Å². The fourth-order valence-corrected chi connectivity index (χ4v) is 4.04. The first-order valence-corrected chi connectivity index (χ1v) is 9.76. The van der Waals surface area contributed by atoms with Crippen molar-refractivity contribution in [2.75, 3.05) is 49.1 Å². The zero-order valence-electron chi connectivity index (χ0n) is 15.6. The lowest BCUT2D eigenvalue weighted by molar-refractivity contribution is 0.0738. The summed E-state index contributed by atoms with van der Waals surface area (Å²) in [5, 5.41) is 4.71. The highest BCUT2D eigenvalue weighted by Crippen LogP contribution is 2.29. The van der Waals surface area contributed by atoms with Crippen LogP contribution in [0.5, 0.6) is 0 Å². The summed E-state index contributed by atoms with van der Waals surface area (Å²) < 4.78 is 5.37. The second-order valence-corrected chi connectivity index (χ2v) is 7.22. The molecule has 0 N–H and O–H groups in total. The molecule has 0 aliphatic carbocycles. The maximum Gasteiger partial charge on any atom is 0.277 e. The van der Waals surface area contributed by atoms with Crippen molar-refractivity contribution in [3.63, 3.8) is 0 Å². The predicted molar refractivity (Wildman–Crippen MR) is 106 cm³/mol. The number of rotatable bonds is 3. The van der Waals surface area contributed by atoms with Gasteiger partial charge in [0.15, 0.2) is 5.69 Å². The van der Waals surface area contributed by atoms with Gasteiger partial charge in [-0.2, -0.15) is 4.98 Å². The maximum absolute atomic E-state index is 13.2. The molecule has 0 bridgehead atoms. The average Bonchev–Trinajstić information content (AvgIpc) is 3.44. The summed E-state index contributed by atoms with van der Waals surface area (Å²) in [4.78, 5) is 28.1. The fraction of sp³-hybridized carbons (Fsp3) is 0.400. The Labute approximate surface area is 162 Å². The summed E-state index contributed by atoms with van der Waals surface area (Å²) in [7, 11) is 0. The Kier molecular flexibility index (Phi) is 4.31. The number of anilines is 2. The molecule has 1 aromatic carbocycles. The smallest absolute Gasteiger partial charge is 0.277 e. The van der Waals surface area contributed by atoms with E-state index >= 15 is 0 Å². The van der Waals surface area contributed by atoms with Crippen LogP contribution in [-0.2, 0) is 0 Å². The third-order valence-electron chi connectivity index (χ3n) is 5.55. The van der Waals surface area contributed by atoms with E-state index in [0.29, 0.717) is 29.9 Å². The Morgan fingerprint density at radius 3 is 2.39 bits per heavy atom. The van der Waals surface area contributed by atoms with E-state index in [4.69, 9.17) is 4.52 Å². The SMILES string of the molecule is O=C(c1noc2ncnc(N3CCCC3)c12)N1CCN(c2ccccc2)CC1. The molecule has 1 amide bonds.